The van der Waals surface area contributed by atoms with Crippen LogP contribution in [0, 0.1) is 0 Å². The van der Waals surface area contributed by atoms with Gasteiger partial charge in [0.05, 0.1) is 7.11 Å². The Labute approximate surface area is 98.0 Å². The van der Waals surface area contributed by atoms with Crippen LogP contribution >= 0.6 is 0 Å². The second-order valence-electron chi connectivity index (χ2n) is 3.48. The van der Waals surface area contributed by atoms with Crippen molar-refractivity contribution in [3.8, 4) is 17.1 Å². The van der Waals surface area contributed by atoms with Crippen molar-refractivity contribution in [2.75, 3.05) is 12.8 Å². The van der Waals surface area contributed by atoms with E-state index in [1.165, 1.54) is 6.07 Å². The summed E-state index contributed by atoms with van der Waals surface area (Å²) in [5, 5.41) is 0. The van der Waals surface area contributed by atoms with E-state index in [1.807, 2.05) is 0 Å². The van der Waals surface area contributed by atoms with Crippen LogP contribution in [-0.2, 0) is 0 Å². The molecule has 0 atom stereocenters. The average molecular weight is 232 g/mol. The van der Waals surface area contributed by atoms with Crippen LogP contribution in [0.15, 0.2) is 34.7 Å². The Morgan fingerprint density at radius 1 is 1.29 bits per heavy atom. The molecule has 0 fully saturated rings. The Hall–Kier alpha value is -2.43. The summed E-state index contributed by atoms with van der Waals surface area (Å²) in [5.74, 6) is 0.658. The molecule has 5 nitrogen and oxygen atoms in total. The average Bonchev–Trinajstić information content (AvgIpc) is 2.78. The molecule has 4 N–H and O–H groups in total. The van der Waals surface area contributed by atoms with Crippen LogP contribution in [0.25, 0.3) is 11.3 Å². The maximum absolute atomic E-state index is 10.9. The van der Waals surface area contributed by atoms with Gasteiger partial charge < -0.3 is 20.6 Å². The van der Waals surface area contributed by atoms with Crippen molar-refractivity contribution in [3.05, 3.63) is 36.1 Å². The maximum Gasteiger partial charge on any atom is 0.284 e. The summed E-state index contributed by atoms with van der Waals surface area (Å²) in [7, 11) is 1.56. The minimum Gasteiger partial charge on any atom is -0.497 e. The number of amides is 1. The summed E-state index contributed by atoms with van der Waals surface area (Å²) in [6, 6.07) is 8.37. The molecule has 5 heteroatoms. The van der Waals surface area contributed by atoms with Gasteiger partial charge in [0.2, 0.25) is 0 Å². The van der Waals surface area contributed by atoms with Gasteiger partial charge in [0.15, 0.2) is 5.76 Å². The van der Waals surface area contributed by atoms with Crippen LogP contribution < -0.4 is 16.2 Å². The van der Waals surface area contributed by atoms with Gasteiger partial charge in [-0.15, -0.1) is 0 Å². The number of ether oxygens (including phenoxy) is 1. The Morgan fingerprint density at radius 2 is 2.06 bits per heavy atom. The van der Waals surface area contributed by atoms with E-state index >= 15 is 0 Å². The van der Waals surface area contributed by atoms with Crippen LogP contribution in [0.3, 0.4) is 0 Å². The molecule has 1 amide bonds. The summed E-state index contributed by atoms with van der Waals surface area (Å²) in [5.41, 5.74) is 12.2. The van der Waals surface area contributed by atoms with Crippen molar-refractivity contribution in [2.45, 2.75) is 0 Å². The highest BCUT2D eigenvalue weighted by Crippen LogP contribution is 2.30. The third kappa shape index (κ3) is 2.08. The molecule has 17 heavy (non-hydrogen) atoms. The number of carbonyl (C=O) groups is 1. The highest BCUT2D eigenvalue weighted by Gasteiger charge is 2.11. The molecule has 0 unspecified atom stereocenters. The summed E-state index contributed by atoms with van der Waals surface area (Å²) in [6.45, 7) is 0. The van der Waals surface area contributed by atoms with E-state index in [4.69, 9.17) is 20.6 Å². The molecule has 0 spiro atoms. The normalized spacial score (nSPS) is 10.2. The zero-order valence-corrected chi connectivity index (χ0v) is 9.27. The van der Waals surface area contributed by atoms with Crippen molar-refractivity contribution in [1.82, 2.24) is 0 Å². The first kappa shape index (κ1) is 11.1. The number of anilines is 1. The molecule has 0 bridgehead atoms. The van der Waals surface area contributed by atoms with Crippen molar-refractivity contribution in [2.24, 2.45) is 5.73 Å². The van der Waals surface area contributed by atoms with Crippen LogP contribution in [0.4, 0.5) is 5.69 Å². The zero-order chi connectivity index (χ0) is 12.4. The quantitative estimate of drug-likeness (QED) is 0.787. The lowest BCUT2D eigenvalue weighted by Crippen LogP contribution is -2.09. The molecule has 1 heterocycles. The predicted molar refractivity (Wildman–Crippen MR) is 63.6 cm³/mol. The van der Waals surface area contributed by atoms with E-state index in [9.17, 15) is 4.79 Å². The molecule has 2 rings (SSSR count). The fourth-order valence-electron chi connectivity index (χ4n) is 1.51. The molecule has 1 aromatic carbocycles. The Morgan fingerprint density at radius 3 is 2.59 bits per heavy atom. The van der Waals surface area contributed by atoms with Gasteiger partial charge in [-0.2, -0.15) is 0 Å². The molecule has 0 aliphatic rings. The highest BCUT2D eigenvalue weighted by atomic mass is 16.5. The number of rotatable bonds is 3. The minimum absolute atomic E-state index is 0.107. The first-order valence-corrected chi connectivity index (χ1v) is 4.95. The van der Waals surface area contributed by atoms with Crippen molar-refractivity contribution < 1.29 is 13.9 Å². The lowest BCUT2D eigenvalue weighted by molar-refractivity contribution is 0.0974. The molecular weight excluding hydrogens is 220 g/mol. The van der Waals surface area contributed by atoms with Gasteiger partial charge in [0, 0.05) is 17.3 Å². The van der Waals surface area contributed by atoms with Gasteiger partial charge in [-0.25, -0.2) is 0 Å². The summed E-state index contributed by atoms with van der Waals surface area (Å²) < 4.78 is 10.3. The Bertz CT molecular complexity index is 561. The number of hydrogen-bond acceptors (Lipinski definition) is 4. The van der Waals surface area contributed by atoms with E-state index < -0.39 is 5.91 Å². The molecule has 88 valence electrons. The molecule has 0 aliphatic carbocycles. The molecular formula is C12H12N2O3. The van der Waals surface area contributed by atoms with Crippen LogP contribution in [0.1, 0.15) is 10.6 Å². The standard InChI is InChI=1S/C12H12N2O3/c1-16-7-2-3-8(9(13)6-7)10-4-5-11(17-10)12(14)15/h2-6H,13H2,1H3,(H2,14,15). The third-order valence-corrected chi connectivity index (χ3v) is 2.37. The number of nitrogens with two attached hydrogens (primary N) is 2. The summed E-state index contributed by atoms with van der Waals surface area (Å²) >= 11 is 0. The van der Waals surface area contributed by atoms with Crippen LogP contribution in [0.2, 0.25) is 0 Å². The van der Waals surface area contributed by atoms with Gasteiger partial charge >= 0.3 is 0 Å². The first-order valence-electron chi connectivity index (χ1n) is 4.95. The summed E-state index contributed by atoms with van der Waals surface area (Å²) in [6.07, 6.45) is 0. The van der Waals surface area contributed by atoms with E-state index in [-0.39, 0.29) is 5.76 Å². The molecule has 0 saturated heterocycles. The summed E-state index contributed by atoms with van der Waals surface area (Å²) in [4.78, 5) is 10.9. The number of furan rings is 1. The lowest BCUT2D eigenvalue weighted by Gasteiger charge is -2.05. The number of nitrogen functional groups attached to an aromatic ring is 1. The Balaban J connectivity index is 2.42. The highest BCUT2D eigenvalue weighted by molar-refractivity contribution is 5.90. The lowest BCUT2D eigenvalue weighted by atomic mass is 10.1. The van der Waals surface area contributed by atoms with E-state index in [0.717, 1.165) is 0 Å². The monoisotopic (exact) mass is 232 g/mol. The topological polar surface area (TPSA) is 91.5 Å². The molecule has 0 saturated carbocycles. The van der Waals surface area contributed by atoms with Gasteiger partial charge in [0.25, 0.3) is 5.91 Å². The number of hydrogen-bond donors (Lipinski definition) is 2. The van der Waals surface area contributed by atoms with E-state index in [0.29, 0.717) is 22.8 Å². The van der Waals surface area contributed by atoms with Gasteiger partial charge in [-0.1, -0.05) is 0 Å². The predicted octanol–water partition coefficient (Wildman–Crippen LogP) is 1.64. The number of primary amides is 1. The molecule has 1 aromatic heterocycles. The third-order valence-electron chi connectivity index (χ3n) is 2.37. The number of methoxy groups -OCH3 is 1. The van der Waals surface area contributed by atoms with Crippen LogP contribution in [-0.4, -0.2) is 13.0 Å². The van der Waals surface area contributed by atoms with E-state index in [2.05, 4.69) is 0 Å². The van der Waals surface area contributed by atoms with Gasteiger partial charge in [-0.05, 0) is 24.3 Å². The zero-order valence-electron chi connectivity index (χ0n) is 9.27. The number of benzene rings is 1. The first-order chi connectivity index (χ1) is 8.11. The smallest absolute Gasteiger partial charge is 0.284 e. The SMILES string of the molecule is COc1ccc(-c2ccc(C(N)=O)o2)c(N)c1. The van der Waals surface area contributed by atoms with Gasteiger partial charge in [-0.3, -0.25) is 4.79 Å². The fraction of sp³-hybridized carbons (Fsp3) is 0.0833. The molecule has 0 aliphatic heterocycles. The largest absolute Gasteiger partial charge is 0.497 e. The Kier molecular flexibility index (Phi) is 2.74. The second-order valence-corrected chi connectivity index (χ2v) is 3.48. The van der Waals surface area contributed by atoms with Crippen molar-refractivity contribution >= 4 is 11.6 Å². The van der Waals surface area contributed by atoms with E-state index in [1.54, 1.807) is 31.4 Å². The van der Waals surface area contributed by atoms with Crippen molar-refractivity contribution in [1.29, 1.82) is 0 Å². The molecule has 2 aromatic rings. The second kappa shape index (κ2) is 4.21. The number of carbonyl (C=O) groups excluding carboxylic acids is 1. The van der Waals surface area contributed by atoms with Crippen LogP contribution in [0.5, 0.6) is 5.75 Å². The van der Waals surface area contributed by atoms with Gasteiger partial charge in [0.1, 0.15) is 11.5 Å². The maximum atomic E-state index is 10.9. The molecule has 0 radical (unpaired) electrons. The minimum atomic E-state index is -0.608. The fourth-order valence-corrected chi connectivity index (χ4v) is 1.51. The van der Waals surface area contributed by atoms with Crippen molar-refractivity contribution in [3.63, 3.8) is 0 Å².